The highest BCUT2D eigenvalue weighted by Gasteiger charge is 2.20. The number of benzene rings is 1. The minimum absolute atomic E-state index is 0.370. The number of anilines is 1. The van der Waals surface area contributed by atoms with Gasteiger partial charge in [-0.1, -0.05) is 12.5 Å². The molecule has 0 unspecified atom stereocenters. The van der Waals surface area contributed by atoms with Crippen LogP contribution in [-0.2, 0) is 0 Å². The highest BCUT2D eigenvalue weighted by molar-refractivity contribution is 5.88. The van der Waals surface area contributed by atoms with E-state index in [0.29, 0.717) is 5.56 Å². The van der Waals surface area contributed by atoms with Crippen LogP contribution in [0.4, 0.5) is 5.69 Å². The number of aromatic carboxylic acids is 1. The standard InChI is InChI=1S/C14H19NO2/c1-2-15(10-11-5-3-6-11)13-8-4-7-12(9-13)14(16)17/h4,7-9,11H,2-3,5-6,10H2,1H3,(H,16,17). The maximum atomic E-state index is 10.9. The summed E-state index contributed by atoms with van der Waals surface area (Å²) in [7, 11) is 0. The second kappa shape index (κ2) is 5.21. The third-order valence-electron chi connectivity index (χ3n) is 3.54. The fraction of sp³-hybridized carbons (Fsp3) is 0.500. The summed E-state index contributed by atoms with van der Waals surface area (Å²) in [5.41, 5.74) is 1.40. The lowest BCUT2D eigenvalue weighted by Gasteiger charge is -2.33. The van der Waals surface area contributed by atoms with Gasteiger partial charge in [0.05, 0.1) is 5.56 Å². The van der Waals surface area contributed by atoms with Gasteiger partial charge in [-0.3, -0.25) is 0 Å². The number of rotatable bonds is 5. The number of carboxylic acid groups (broad SMARTS) is 1. The number of hydrogen-bond acceptors (Lipinski definition) is 2. The minimum Gasteiger partial charge on any atom is -0.478 e. The van der Waals surface area contributed by atoms with Crippen LogP contribution in [0.5, 0.6) is 0 Å². The molecule has 0 radical (unpaired) electrons. The third kappa shape index (κ3) is 2.78. The predicted octanol–water partition coefficient (Wildman–Crippen LogP) is 3.01. The van der Waals surface area contributed by atoms with Gasteiger partial charge in [-0.15, -0.1) is 0 Å². The molecule has 1 saturated carbocycles. The van der Waals surface area contributed by atoms with E-state index < -0.39 is 5.97 Å². The van der Waals surface area contributed by atoms with E-state index in [1.54, 1.807) is 12.1 Å². The molecule has 17 heavy (non-hydrogen) atoms. The van der Waals surface area contributed by atoms with Gasteiger partial charge in [-0.25, -0.2) is 4.79 Å². The molecule has 0 spiro atoms. The molecule has 0 aromatic heterocycles. The molecule has 1 aliphatic rings. The van der Waals surface area contributed by atoms with Crippen molar-refractivity contribution in [2.24, 2.45) is 5.92 Å². The second-order valence-corrected chi connectivity index (χ2v) is 4.69. The Kier molecular flexibility index (Phi) is 3.67. The molecule has 0 atom stereocenters. The van der Waals surface area contributed by atoms with Gasteiger partial charge in [0.25, 0.3) is 0 Å². The van der Waals surface area contributed by atoms with Crippen molar-refractivity contribution >= 4 is 11.7 Å². The molecular formula is C14H19NO2. The molecule has 92 valence electrons. The van der Waals surface area contributed by atoms with Crippen molar-refractivity contribution in [1.82, 2.24) is 0 Å². The molecule has 1 N–H and O–H groups in total. The van der Waals surface area contributed by atoms with Crippen LogP contribution in [-0.4, -0.2) is 24.2 Å². The van der Waals surface area contributed by atoms with Crippen LogP contribution in [0.1, 0.15) is 36.5 Å². The first-order chi connectivity index (χ1) is 8.20. The fourth-order valence-electron chi connectivity index (χ4n) is 2.24. The highest BCUT2D eigenvalue weighted by atomic mass is 16.4. The first-order valence-electron chi connectivity index (χ1n) is 6.29. The van der Waals surface area contributed by atoms with Crippen molar-refractivity contribution in [2.45, 2.75) is 26.2 Å². The monoisotopic (exact) mass is 233 g/mol. The Bertz CT molecular complexity index is 399. The normalized spacial score (nSPS) is 15.4. The maximum absolute atomic E-state index is 10.9. The molecule has 3 heteroatoms. The van der Waals surface area contributed by atoms with E-state index in [0.717, 1.165) is 24.7 Å². The van der Waals surface area contributed by atoms with Gasteiger partial charge in [-0.05, 0) is 43.9 Å². The Morgan fingerprint density at radius 1 is 1.47 bits per heavy atom. The number of carboxylic acids is 1. The summed E-state index contributed by atoms with van der Waals surface area (Å²) in [6.07, 6.45) is 3.97. The van der Waals surface area contributed by atoms with Crippen LogP contribution in [0.15, 0.2) is 24.3 Å². The molecule has 1 aromatic rings. The summed E-state index contributed by atoms with van der Waals surface area (Å²) in [4.78, 5) is 13.2. The topological polar surface area (TPSA) is 40.5 Å². The van der Waals surface area contributed by atoms with Gasteiger partial charge in [0.15, 0.2) is 0 Å². The van der Waals surface area contributed by atoms with E-state index in [1.807, 2.05) is 12.1 Å². The van der Waals surface area contributed by atoms with Crippen LogP contribution in [0, 0.1) is 5.92 Å². The first kappa shape index (κ1) is 12.0. The van der Waals surface area contributed by atoms with Crippen molar-refractivity contribution in [2.75, 3.05) is 18.0 Å². The number of nitrogens with zero attached hydrogens (tertiary/aromatic N) is 1. The summed E-state index contributed by atoms with van der Waals surface area (Å²) in [6.45, 7) is 4.10. The Hall–Kier alpha value is -1.51. The smallest absolute Gasteiger partial charge is 0.335 e. The second-order valence-electron chi connectivity index (χ2n) is 4.69. The van der Waals surface area contributed by atoms with E-state index in [4.69, 9.17) is 5.11 Å². The molecule has 3 nitrogen and oxygen atoms in total. The maximum Gasteiger partial charge on any atom is 0.335 e. The van der Waals surface area contributed by atoms with Gasteiger partial charge in [-0.2, -0.15) is 0 Å². The van der Waals surface area contributed by atoms with Crippen molar-refractivity contribution in [1.29, 1.82) is 0 Å². The first-order valence-corrected chi connectivity index (χ1v) is 6.29. The average molecular weight is 233 g/mol. The average Bonchev–Trinajstić information content (AvgIpc) is 2.28. The van der Waals surface area contributed by atoms with Crippen LogP contribution in [0.2, 0.25) is 0 Å². The van der Waals surface area contributed by atoms with Crippen molar-refractivity contribution in [3.63, 3.8) is 0 Å². The quantitative estimate of drug-likeness (QED) is 0.849. The lowest BCUT2D eigenvalue weighted by molar-refractivity contribution is 0.0697. The Labute approximate surface area is 102 Å². The van der Waals surface area contributed by atoms with Crippen molar-refractivity contribution < 1.29 is 9.90 Å². The molecule has 0 saturated heterocycles. The van der Waals surface area contributed by atoms with E-state index in [9.17, 15) is 4.79 Å². The molecule has 0 bridgehead atoms. The van der Waals surface area contributed by atoms with Crippen LogP contribution < -0.4 is 4.90 Å². The Morgan fingerprint density at radius 2 is 2.24 bits per heavy atom. The molecule has 2 rings (SSSR count). The zero-order chi connectivity index (χ0) is 12.3. The molecule has 1 aromatic carbocycles. The van der Waals surface area contributed by atoms with Crippen molar-refractivity contribution in [3.05, 3.63) is 29.8 Å². The van der Waals surface area contributed by atoms with Gasteiger partial charge in [0.2, 0.25) is 0 Å². The summed E-state index contributed by atoms with van der Waals surface area (Å²) >= 11 is 0. The van der Waals surface area contributed by atoms with E-state index in [1.165, 1.54) is 19.3 Å². The summed E-state index contributed by atoms with van der Waals surface area (Å²) in [5, 5.41) is 8.98. The number of carbonyl (C=O) groups is 1. The van der Waals surface area contributed by atoms with Gasteiger partial charge < -0.3 is 10.0 Å². The zero-order valence-electron chi connectivity index (χ0n) is 10.2. The lowest BCUT2D eigenvalue weighted by atomic mass is 9.85. The predicted molar refractivity (Wildman–Crippen MR) is 68.6 cm³/mol. The summed E-state index contributed by atoms with van der Waals surface area (Å²) < 4.78 is 0. The SMILES string of the molecule is CCN(CC1CCC1)c1cccc(C(=O)O)c1. The van der Waals surface area contributed by atoms with E-state index in [2.05, 4.69) is 11.8 Å². The van der Waals surface area contributed by atoms with Crippen molar-refractivity contribution in [3.8, 4) is 0 Å². The van der Waals surface area contributed by atoms with E-state index >= 15 is 0 Å². The Balaban J connectivity index is 2.11. The highest BCUT2D eigenvalue weighted by Crippen LogP contribution is 2.29. The summed E-state index contributed by atoms with van der Waals surface area (Å²) in [6, 6.07) is 7.23. The van der Waals surface area contributed by atoms with Gasteiger partial charge >= 0.3 is 5.97 Å². The molecule has 1 fully saturated rings. The third-order valence-corrected chi connectivity index (χ3v) is 3.54. The molecule has 1 aliphatic carbocycles. The minimum atomic E-state index is -0.855. The largest absolute Gasteiger partial charge is 0.478 e. The van der Waals surface area contributed by atoms with Crippen LogP contribution >= 0.6 is 0 Å². The van der Waals surface area contributed by atoms with Gasteiger partial charge in [0.1, 0.15) is 0 Å². The van der Waals surface area contributed by atoms with E-state index in [-0.39, 0.29) is 0 Å². The van der Waals surface area contributed by atoms with Crippen LogP contribution in [0.25, 0.3) is 0 Å². The Morgan fingerprint density at radius 3 is 2.76 bits per heavy atom. The molecule has 0 heterocycles. The molecule has 0 amide bonds. The van der Waals surface area contributed by atoms with Gasteiger partial charge in [0, 0.05) is 18.8 Å². The fourth-order valence-corrected chi connectivity index (χ4v) is 2.24. The van der Waals surface area contributed by atoms with Crippen LogP contribution in [0.3, 0.4) is 0 Å². The lowest BCUT2D eigenvalue weighted by Crippen LogP contribution is -2.32. The number of hydrogen-bond donors (Lipinski definition) is 1. The molecule has 0 aliphatic heterocycles. The molecular weight excluding hydrogens is 214 g/mol. The summed E-state index contributed by atoms with van der Waals surface area (Å²) in [5.74, 6) is -0.0602. The zero-order valence-corrected chi connectivity index (χ0v) is 10.2.